The molecule has 1 aromatic carbocycles. The molecule has 1 heterocycles. The van der Waals surface area contributed by atoms with Crippen molar-refractivity contribution < 1.29 is 15.3 Å². The van der Waals surface area contributed by atoms with E-state index in [0.717, 1.165) is 21.1 Å². The fourth-order valence-electron chi connectivity index (χ4n) is 1.66. The number of hydrogen-bond acceptors (Lipinski definition) is 6. The number of halogens is 2. The normalized spacial score (nSPS) is 11.3. The van der Waals surface area contributed by atoms with Gasteiger partial charge >= 0.3 is 0 Å². The summed E-state index contributed by atoms with van der Waals surface area (Å²) in [6.07, 6.45) is 0.520. The summed E-state index contributed by atoms with van der Waals surface area (Å²) in [4.78, 5) is 9.99. The van der Waals surface area contributed by atoms with Crippen LogP contribution in [0.15, 0.2) is 18.2 Å². The predicted octanol–water partition coefficient (Wildman–Crippen LogP) is 3.98. The Morgan fingerprint density at radius 1 is 1.35 bits per heavy atom. The average molecular weight is 335 g/mol. The highest BCUT2D eigenvalue weighted by molar-refractivity contribution is 7.15. The molecule has 0 fully saturated rings. The fraction of sp³-hybridized carbons (Fsp3) is 0.250. The molecular weight excluding hydrogens is 323 g/mol. The van der Waals surface area contributed by atoms with Gasteiger partial charge in [-0.25, -0.2) is 4.98 Å². The fourth-order valence-corrected chi connectivity index (χ4v) is 3.29. The molecule has 5 nitrogen and oxygen atoms in total. The van der Waals surface area contributed by atoms with Gasteiger partial charge in [-0.1, -0.05) is 23.2 Å². The van der Waals surface area contributed by atoms with E-state index in [1.54, 1.807) is 12.1 Å². The molecule has 20 heavy (non-hydrogen) atoms. The number of aromatic nitrogens is 1. The molecule has 2 N–H and O–H groups in total. The minimum atomic E-state index is -0.298. The van der Waals surface area contributed by atoms with Crippen molar-refractivity contribution in [3.05, 3.63) is 38.8 Å². The molecule has 0 aliphatic carbocycles. The van der Waals surface area contributed by atoms with Crippen molar-refractivity contribution >= 4 is 34.5 Å². The first-order valence-electron chi connectivity index (χ1n) is 5.70. The lowest BCUT2D eigenvalue weighted by atomic mass is 10.2. The Labute approximate surface area is 129 Å². The van der Waals surface area contributed by atoms with Gasteiger partial charge in [0, 0.05) is 21.9 Å². The van der Waals surface area contributed by atoms with Gasteiger partial charge in [-0.2, -0.15) is 0 Å². The Hall–Kier alpha value is -0.730. The zero-order valence-corrected chi connectivity index (χ0v) is 12.8. The highest BCUT2D eigenvalue weighted by Gasteiger charge is 2.12. The third-order valence-electron chi connectivity index (χ3n) is 2.59. The van der Waals surface area contributed by atoms with Crippen molar-refractivity contribution in [2.45, 2.75) is 13.3 Å². The highest BCUT2D eigenvalue weighted by atomic mass is 35.5. The van der Waals surface area contributed by atoms with Crippen LogP contribution in [0.1, 0.15) is 10.6 Å². The van der Waals surface area contributed by atoms with Crippen LogP contribution < -0.4 is 0 Å². The maximum Gasteiger partial charge on any atom is 0.125 e. The van der Waals surface area contributed by atoms with Gasteiger partial charge in [0.15, 0.2) is 0 Å². The zero-order chi connectivity index (χ0) is 14.7. The first-order valence-corrected chi connectivity index (χ1v) is 7.27. The number of nitrogens with zero attached hydrogens (tertiary/aromatic N) is 2. The van der Waals surface area contributed by atoms with Crippen LogP contribution in [0.5, 0.6) is 0 Å². The van der Waals surface area contributed by atoms with Crippen LogP contribution in [0.3, 0.4) is 0 Å². The van der Waals surface area contributed by atoms with E-state index in [4.69, 9.17) is 33.6 Å². The van der Waals surface area contributed by atoms with Gasteiger partial charge < -0.3 is 0 Å². The van der Waals surface area contributed by atoms with Crippen LogP contribution in [-0.2, 0) is 11.3 Å². The van der Waals surface area contributed by atoms with E-state index in [1.807, 2.05) is 13.0 Å². The van der Waals surface area contributed by atoms with Crippen molar-refractivity contribution in [1.82, 2.24) is 10.4 Å². The van der Waals surface area contributed by atoms with Gasteiger partial charge in [-0.15, -0.1) is 11.3 Å². The Balaban J connectivity index is 2.18. The van der Waals surface area contributed by atoms with Crippen LogP contribution >= 0.6 is 34.5 Å². The number of rotatable bonds is 5. The largest absolute Gasteiger partial charge is 0.266 e. The lowest BCUT2D eigenvalue weighted by molar-refractivity contribution is -0.492. The van der Waals surface area contributed by atoms with Gasteiger partial charge in [0.1, 0.15) is 5.01 Å². The molecule has 8 heteroatoms. The minimum absolute atomic E-state index is 0.143. The zero-order valence-electron chi connectivity index (χ0n) is 10.5. The van der Waals surface area contributed by atoms with Crippen molar-refractivity contribution in [2.24, 2.45) is 0 Å². The molecule has 0 bridgehead atoms. The van der Waals surface area contributed by atoms with E-state index >= 15 is 0 Å². The van der Waals surface area contributed by atoms with Crippen molar-refractivity contribution in [3.8, 4) is 10.6 Å². The minimum Gasteiger partial charge on any atom is -0.266 e. The molecule has 0 saturated heterocycles. The third kappa shape index (κ3) is 3.89. The Bertz CT molecular complexity index is 604. The molecule has 0 radical (unpaired) electrons. The molecule has 0 aliphatic rings. The van der Waals surface area contributed by atoms with Crippen molar-refractivity contribution in [2.75, 3.05) is 6.61 Å². The predicted molar refractivity (Wildman–Crippen MR) is 77.4 cm³/mol. The summed E-state index contributed by atoms with van der Waals surface area (Å²) in [5.74, 6) is 0. The molecule has 0 amide bonds. The summed E-state index contributed by atoms with van der Waals surface area (Å²) < 4.78 is 0. The molecule has 0 atom stereocenters. The molecule has 0 unspecified atom stereocenters. The van der Waals surface area contributed by atoms with E-state index in [2.05, 4.69) is 9.82 Å². The van der Waals surface area contributed by atoms with Crippen LogP contribution in [0.25, 0.3) is 10.6 Å². The standard InChI is InChI=1S/C12H12Cl2N2O3S/c1-7-11(4-5-19-16(17)18)20-12(15-7)9-3-2-8(13)6-10(9)14/h2-3,6,17-18H,4-5H2,1H3. The molecule has 2 aromatic rings. The quantitative estimate of drug-likeness (QED) is 0.809. The summed E-state index contributed by atoms with van der Waals surface area (Å²) in [6.45, 7) is 2.03. The van der Waals surface area contributed by atoms with Crippen LogP contribution in [-0.4, -0.2) is 27.4 Å². The Morgan fingerprint density at radius 2 is 2.10 bits per heavy atom. The van der Waals surface area contributed by atoms with Gasteiger partial charge in [0.25, 0.3) is 0 Å². The van der Waals surface area contributed by atoms with E-state index in [-0.39, 0.29) is 12.0 Å². The first-order chi connectivity index (χ1) is 9.47. The monoisotopic (exact) mass is 334 g/mol. The second-order valence-corrected chi connectivity index (χ2v) is 5.91. The van der Waals surface area contributed by atoms with Gasteiger partial charge in [0.05, 0.1) is 22.7 Å². The smallest absolute Gasteiger partial charge is 0.125 e. The Kier molecular flexibility index (Phi) is 5.34. The molecule has 108 valence electrons. The maximum absolute atomic E-state index is 8.47. The lowest BCUT2D eigenvalue weighted by Crippen LogP contribution is -2.16. The van der Waals surface area contributed by atoms with Gasteiger partial charge in [0.2, 0.25) is 0 Å². The first kappa shape index (κ1) is 15.7. The van der Waals surface area contributed by atoms with Crippen molar-refractivity contribution in [3.63, 3.8) is 0 Å². The lowest BCUT2D eigenvalue weighted by Gasteiger charge is -2.04. The van der Waals surface area contributed by atoms with Gasteiger partial charge in [-0.3, -0.25) is 15.3 Å². The number of thiazole rings is 1. The second kappa shape index (κ2) is 6.82. The summed E-state index contributed by atoms with van der Waals surface area (Å²) in [7, 11) is 0. The maximum atomic E-state index is 8.47. The molecule has 0 saturated carbocycles. The van der Waals surface area contributed by atoms with E-state index < -0.39 is 0 Å². The highest BCUT2D eigenvalue weighted by Crippen LogP contribution is 2.34. The number of hydrogen-bond donors (Lipinski definition) is 2. The molecule has 0 spiro atoms. The third-order valence-corrected chi connectivity index (χ3v) is 4.39. The summed E-state index contributed by atoms with van der Waals surface area (Å²) >= 11 is 13.5. The SMILES string of the molecule is Cc1nc(-c2ccc(Cl)cc2Cl)sc1CCON(O)O. The number of benzene rings is 1. The van der Waals surface area contributed by atoms with Crippen LogP contribution in [0.4, 0.5) is 0 Å². The van der Waals surface area contributed by atoms with Crippen molar-refractivity contribution in [1.29, 1.82) is 0 Å². The molecular formula is C12H12Cl2N2O3S. The summed E-state index contributed by atoms with van der Waals surface area (Å²) in [6, 6.07) is 5.26. The molecule has 2 rings (SSSR count). The molecule has 1 aromatic heterocycles. The Morgan fingerprint density at radius 3 is 2.75 bits per heavy atom. The average Bonchev–Trinajstić information content (AvgIpc) is 2.70. The van der Waals surface area contributed by atoms with Gasteiger partial charge in [-0.05, 0) is 25.1 Å². The summed E-state index contributed by atoms with van der Waals surface area (Å²) in [5, 5.41) is 18.6. The summed E-state index contributed by atoms with van der Waals surface area (Å²) in [5.41, 5.74) is 1.68. The van der Waals surface area contributed by atoms with Crippen LogP contribution in [0.2, 0.25) is 10.0 Å². The molecule has 0 aliphatic heterocycles. The number of aryl methyl sites for hydroxylation is 1. The second-order valence-electron chi connectivity index (χ2n) is 3.99. The van der Waals surface area contributed by atoms with E-state index in [1.165, 1.54) is 11.3 Å². The van der Waals surface area contributed by atoms with Crippen LogP contribution in [0, 0.1) is 6.92 Å². The van der Waals surface area contributed by atoms with E-state index in [9.17, 15) is 0 Å². The van der Waals surface area contributed by atoms with E-state index in [0.29, 0.717) is 16.5 Å². The topological polar surface area (TPSA) is 65.8 Å².